The van der Waals surface area contributed by atoms with E-state index in [1.807, 2.05) is 0 Å². The lowest BCUT2D eigenvalue weighted by atomic mass is 9.94. The molecule has 6 heteroatoms. The zero-order valence-corrected chi connectivity index (χ0v) is 13.4. The average molecular weight is 294 g/mol. The molecule has 1 aliphatic rings. The van der Waals surface area contributed by atoms with Crippen LogP contribution in [-0.2, 0) is 16.7 Å². The van der Waals surface area contributed by atoms with Crippen LogP contribution in [0, 0.1) is 0 Å². The Kier molecular flexibility index (Phi) is 5.22. The second-order valence-electron chi connectivity index (χ2n) is 6.31. The predicted molar refractivity (Wildman–Crippen MR) is 82.4 cm³/mol. The van der Waals surface area contributed by atoms with Gasteiger partial charge in [-0.2, -0.15) is 0 Å². The van der Waals surface area contributed by atoms with Gasteiger partial charge in [0.2, 0.25) is 5.89 Å². The number of aliphatic imine (C=N–C) groups is 1. The third-order valence-electron chi connectivity index (χ3n) is 3.44. The monoisotopic (exact) mass is 294 g/mol. The fraction of sp³-hybridized carbons (Fsp3) is 0.733. The number of rotatable bonds is 4. The number of oxazole rings is 1. The Morgan fingerprint density at radius 1 is 1.43 bits per heavy atom. The van der Waals surface area contributed by atoms with Gasteiger partial charge >= 0.3 is 0 Å². The highest BCUT2D eigenvalue weighted by atomic mass is 16.5. The van der Waals surface area contributed by atoms with Gasteiger partial charge in [0, 0.05) is 25.6 Å². The Balaban J connectivity index is 1.78. The molecule has 118 valence electrons. The highest BCUT2D eigenvalue weighted by Crippen LogP contribution is 2.22. The van der Waals surface area contributed by atoms with Crippen molar-refractivity contribution in [2.45, 2.75) is 51.7 Å². The summed E-state index contributed by atoms with van der Waals surface area (Å²) in [6, 6.07) is 0. The normalized spacial score (nSPS) is 19.8. The van der Waals surface area contributed by atoms with Gasteiger partial charge in [-0.1, -0.05) is 20.8 Å². The quantitative estimate of drug-likeness (QED) is 0.654. The second kappa shape index (κ2) is 6.93. The molecule has 1 aliphatic heterocycles. The van der Waals surface area contributed by atoms with Gasteiger partial charge in [-0.3, -0.25) is 4.99 Å². The molecule has 0 saturated carbocycles. The summed E-state index contributed by atoms with van der Waals surface area (Å²) in [6.45, 7) is 8.47. The number of hydrogen-bond donors (Lipinski definition) is 2. The van der Waals surface area contributed by atoms with E-state index in [1.54, 1.807) is 13.2 Å². The minimum absolute atomic E-state index is 0.0228. The van der Waals surface area contributed by atoms with Gasteiger partial charge in [-0.15, -0.1) is 0 Å². The van der Waals surface area contributed by atoms with Crippen LogP contribution in [0.3, 0.4) is 0 Å². The van der Waals surface area contributed by atoms with Crippen molar-refractivity contribution in [1.82, 2.24) is 15.6 Å². The van der Waals surface area contributed by atoms with E-state index >= 15 is 0 Å². The van der Waals surface area contributed by atoms with Crippen LogP contribution in [0.25, 0.3) is 0 Å². The molecule has 2 heterocycles. The van der Waals surface area contributed by atoms with Crippen LogP contribution in [-0.4, -0.2) is 37.2 Å². The molecule has 1 aromatic rings. The molecule has 1 saturated heterocycles. The second-order valence-corrected chi connectivity index (χ2v) is 6.31. The molecule has 2 N–H and O–H groups in total. The van der Waals surface area contributed by atoms with Crippen molar-refractivity contribution >= 4 is 5.96 Å². The van der Waals surface area contributed by atoms with Crippen LogP contribution in [0.2, 0.25) is 0 Å². The number of nitrogens with zero attached hydrogens (tertiary/aromatic N) is 2. The van der Waals surface area contributed by atoms with Crippen molar-refractivity contribution in [3.63, 3.8) is 0 Å². The van der Waals surface area contributed by atoms with Gasteiger partial charge in [0.15, 0.2) is 5.96 Å². The first-order valence-electron chi connectivity index (χ1n) is 7.50. The van der Waals surface area contributed by atoms with Gasteiger partial charge in [0.25, 0.3) is 0 Å². The summed E-state index contributed by atoms with van der Waals surface area (Å²) in [4.78, 5) is 8.48. The third-order valence-corrected chi connectivity index (χ3v) is 3.44. The van der Waals surface area contributed by atoms with E-state index in [2.05, 4.69) is 41.4 Å². The molecule has 1 aromatic heterocycles. The first kappa shape index (κ1) is 15.8. The van der Waals surface area contributed by atoms with E-state index in [0.29, 0.717) is 12.4 Å². The van der Waals surface area contributed by atoms with Crippen molar-refractivity contribution < 1.29 is 9.15 Å². The van der Waals surface area contributed by atoms with E-state index in [9.17, 15) is 0 Å². The van der Waals surface area contributed by atoms with Crippen molar-refractivity contribution in [1.29, 1.82) is 0 Å². The summed E-state index contributed by atoms with van der Waals surface area (Å²) in [5, 5.41) is 6.46. The minimum atomic E-state index is -0.0228. The van der Waals surface area contributed by atoms with Gasteiger partial charge in [0.1, 0.15) is 5.76 Å². The standard InChI is InChI=1S/C15H26N4O2/c1-15(2,3)12-9-17-13(21-12)10-19-14(16-4)18-8-11-6-5-7-20-11/h9,11H,5-8,10H2,1-4H3,(H2,16,18,19). The lowest BCUT2D eigenvalue weighted by Gasteiger charge is -2.15. The van der Waals surface area contributed by atoms with E-state index in [0.717, 1.165) is 37.7 Å². The van der Waals surface area contributed by atoms with E-state index in [1.165, 1.54) is 0 Å². The number of aromatic nitrogens is 1. The maximum atomic E-state index is 5.74. The van der Waals surface area contributed by atoms with E-state index in [-0.39, 0.29) is 11.5 Å². The van der Waals surface area contributed by atoms with Crippen LogP contribution in [0.1, 0.15) is 45.3 Å². The molecule has 0 aliphatic carbocycles. The molecular weight excluding hydrogens is 268 g/mol. The van der Waals surface area contributed by atoms with Crippen molar-refractivity contribution in [3.8, 4) is 0 Å². The SMILES string of the molecule is CN=C(NCc1ncc(C(C)(C)C)o1)NCC1CCCO1. The molecule has 0 amide bonds. The first-order chi connectivity index (χ1) is 9.99. The number of ether oxygens (including phenoxy) is 1. The Bertz CT molecular complexity index is 470. The smallest absolute Gasteiger partial charge is 0.213 e. The van der Waals surface area contributed by atoms with Crippen molar-refractivity contribution in [3.05, 3.63) is 17.8 Å². The van der Waals surface area contributed by atoms with Gasteiger partial charge in [-0.25, -0.2) is 4.98 Å². The van der Waals surface area contributed by atoms with Crippen molar-refractivity contribution in [2.75, 3.05) is 20.2 Å². The van der Waals surface area contributed by atoms with Gasteiger partial charge < -0.3 is 19.8 Å². The van der Waals surface area contributed by atoms with Crippen LogP contribution >= 0.6 is 0 Å². The fourth-order valence-electron chi connectivity index (χ4n) is 2.13. The average Bonchev–Trinajstić information content (AvgIpc) is 3.09. The summed E-state index contributed by atoms with van der Waals surface area (Å²) in [5.74, 6) is 2.29. The Morgan fingerprint density at radius 3 is 2.81 bits per heavy atom. The first-order valence-corrected chi connectivity index (χ1v) is 7.50. The predicted octanol–water partition coefficient (Wildman–Crippen LogP) is 1.82. The highest BCUT2D eigenvalue weighted by Gasteiger charge is 2.19. The lowest BCUT2D eigenvalue weighted by molar-refractivity contribution is 0.114. The number of hydrogen-bond acceptors (Lipinski definition) is 4. The summed E-state index contributed by atoms with van der Waals surface area (Å²) < 4.78 is 11.3. The maximum absolute atomic E-state index is 5.74. The third kappa shape index (κ3) is 4.74. The number of nitrogens with one attached hydrogen (secondary N) is 2. The topological polar surface area (TPSA) is 71.7 Å². The molecule has 2 rings (SSSR count). The zero-order valence-electron chi connectivity index (χ0n) is 13.4. The zero-order chi connectivity index (χ0) is 15.3. The fourth-order valence-corrected chi connectivity index (χ4v) is 2.13. The van der Waals surface area contributed by atoms with Crippen LogP contribution in [0.5, 0.6) is 0 Å². The molecule has 6 nitrogen and oxygen atoms in total. The molecular formula is C15H26N4O2. The molecule has 0 bridgehead atoms. The molecule has 1 unspecified atom stereocenters. The van der Waals surface area contributed by atoms with Crippen LogP contribution in [0.15, 0.2) is 15.6 Å². The maximum Gasteiger partial charge on any atom is 0.213 e. The summed E-state index contributed by atoms with van der Waals surface area (Å²) in [7, 11) is 1.75. The summed E-state index contributed by atoms with van der Waals surface area (Å²) >= 11 is 0. The Hall–Kier alpha value is -1.56. The Labute approximate surface area is 126 Å². The molecule has 1 atom stereocenters. The van der Waals surface area contributed by atoms with Gasteiger partial charge in [0.05, 0.1) is 18.8 Å². The molecule has 21 heavy (non-hydrogen) atoms. The minimum Gasteiger partial charge on any atom is -0.443 e. The highest BCUT2D eigenvalue weighted by molar-refractivity contribution is 5.79. The van der Waals surface area contributed by atoms with E-state index < -0.39 is 0 Å². The summed E-state index contributed by atoms with van der Waals surface area (Å²) in [5.41, 5.74) is -0.0228. The van der Waals surface area contributed by atoms with Crippen LogP contribution in [0.4, 0.5) is 0 Å². The molecule has 0 aromatic carbocycles. The van der Waals surface area contributed by atoms with Crippen molar-refractivity contribution in [2.24, 2.45) is 4.99 Å². The largest absolute Gasteiger partial charge is 0.443 e. The Morgan fingerprint density at radius 2 is 2.24 bits per heavy atom. The number of guanidine groups is 1. The molecule has 1 fully saturated rings. The lowest BCUT2D eigenvalue weighted by Crippen LogP contribution is -2.40. The molecule has 0 radical (unpaired) electrons. The summed E-state index contributed by atoms with van der Waals surface area (Å²) in [6.07, 6.45) is 4.33. The van der Waals surface area contributed by atoms with E-state index in [4.69, 9.17) is 9.15 Å². The van der Waals surface area contributed by atoms with Gasteiger partial charge in [-0.05, 0) is 12.8 Å². The van der Waals surface area contributed by atoms with Crippen LogP contribution < -0.4 is 10.6 Å². The molecule has 0 spiro atoms.